The first-order valence-corrected chi connectivity index (χ1v) is 7.12. The third kappa shape index (κ3) is 4.10. The molecule has 0 saturated carbocycles. The number of nitrogens with zero attached hydrogens (tertiary/aromatic N) is 3. The Labute approximate surface area is 133 Å². The summed E-state index contributed by atoms with van der Waals surface area (Å²) < 4.78 is 0. The first kappa shape index (κ1) is 14.6. The topological polar surface area (TPSA) is 79.8 Å². The van der Waals surface area contributed by atoms with Gasteiger partial charge in [0.05, 0.1) is 0 Å². The van der Waals surface area contributed by atoms with Crippen LogP contribution in [-0.2, 0) is 6.54 Å². The second-order valence-electron chi connectivity index (χ2n) is 4.81. The minimum absolute atomic E-state index is 0.151. The number of nitrogens with one attached hydrogen (secondary N) is 2. The number of rotatable bonds is 5. The number of hydrogen-bond donors (Lipinski definition) is 2. The molecule has 3 rings (SSSR count). The Balaban J connectivity index is 1.59. The minimum Gasteiger partial charge on any atom is -0.350 e. The number of hydrogen-bond acceptors (Lipinski definition) is 5. The molecule has 0 aliphatic heterocycles. The van der Waals surface area contributed by atoms with Gasteiger partial charge in [-0.1, -0.05) is 12.1 Å². The molecule has 23 heavy (non-hydrogen) atoms. The van der Waals surface area contributed by atoms with Crippen molar-refractivity contribution >= 4 is 17.5 Å². The molecule has 3 aromatic rings. The molecule has 2 N–H and O–H groups in total. The van der Waals surface area contributed by atoms with E-state index in [0.717, 1.165) is 11.3 Å². The Morgan fingerprint density at radius 1 is 0.913 bits per heavy atom. The third-order valence-corrected chi connectivity index (χ3v) is 3.17. The van der Waals surface area contributed by atoms with Crippen LogP contribution in [0.25, 0.3) is 0 Å². The lowest BCUT2D eigenvalue weighted by Gasteiger charge is -2.07. The Morgan fingerprint density at radius 3 is 2.30 bits per heavy atom. The van der Waals surface area contributed by atoms with E-state index >= 15 is 0 Å². The van der Waals surface area contributed by atoms with E-state index in [1.807, 2.05) is 12.1 Å². The maximum atomic E-state index is 12.1. The highest BCUT2D eigenvalue weighted by Gasteiger charge is 2.06. The summed E-state index contributed by atoms with van der Waals surface area (Å²) in [5.41, 5.74) is 2.36. The van der Waals surface area contributed by atoms with Gasteiger partial charge in [-0.3, -0.25) is 9.78 Å². The van der Waals surface area contributed by atoms with Gasteiger partial charge in [0.15, 0.2) is 0 Å². The molecule has 0 bridgehead atoms. The fourth-order valence-corrected chi connectivity index (χ4v) is 1.98. The van der Waals surface area contributed by atoms with Crippen molar-refractivity contribution < 1.29 is 4.79 Å². The van der Waals surface area contributed by atoms with Crippen molar-refractivity contribution in [2.45, 2.75) is 6.54 Å². The first-order valence-electron chi connectivity index (χ1n) is 7.12. The van der Waals surface area contributed by atoms with Crippen LogP contribution in [0.4, 0.5) is 11.6 Å². The monoisotopic (exact) mass is 305 g/mol. The highest BCUT2D eigenvalue weighted by atomic mass is 16.1. The lowest BCUT2D eigenvalue weighted by atomic mass is 10.1. The van der Waals surface area contributed by atoms with Crippen LogP contribution in [-0.4, -0.2) is 20.9 Å². The van der Waals surface area contributed by atoms with Gasteiger partial charge in [0.2, 0.25) is 5.95 Å². The van der Waals surface area contributed by atoms with Gasteiger partial charge in [-0.2, -0.15) is 0 Å². The molecule has 114 valence electrons. The molecule has 6 heteroatoms. The summed E-state index contributed by atoms with van der Waals surface area (Å²) in [5, 5.41) is 5.94. The number of aromatic nitrogens is 3. The summed E-state index contributed by atoms with van der Waals surface area (Å²) in [7, 11) is 0. The number of benzene rings is 1. The van der Waals surface area contributed by atoms with Crippen LogP contribution in [0.3, 0.4) is 0 Å². The van der Waals surface area contributed by atoms with Crippen LogP contribution >= 0.6 is 0 Å². The molecule has 6 nitrogen and oxygen atoms in total. The van der Waals surface area contributed by atoms with Gasteiger partial charge >= 0.3 is 0 Å². The van der Waals surface area contributed by atoms with Crippen LogP contribution in [0.5, 0.6) is 0 Å². The molecular formula is C17H15N5O. The van der Waals surface area contributed by atoms with Gasteiger partial charge in [-0.25, -0.2) is 9.97 Å². The summed E-state index contributed by atoms with van der Waals surface area (Å²) in [5.74, 6) is 0.425. The zero-order valence-electron chi connectivity index (χ0n) is 12.3. The smallest absolute Gasteiger partial charge is 0.255 e. The van der Waals surface area contributed by atoms with Gasteiger partial charge in [0.1, 0.15) is 0 Å². The van der Waals surface area contributed by atoms with E-state index in [4.69, 9.17) is 0 Å². The van der Waals surface area contributed by atoms with Crippen LogP contribution in [0.2, 0.25) is 0 Å². The summed E-state index contributed by atoms with van der Waals surface area (Å²) in [6.07, 6.45) is 6.63. The normalized spacial score (nSPS) is 10.1. The molecule has 0 unspecified atom stereocenters. The number of amides is 1. The Morgan fingerprint density at radius 2 is 1.61 bits per heavy atom. The fourth-order valence-electron chi connectivity index (χ4n) is 1.98. The lowest BCUT2D eigenvalue weighted by molar-refractivity contribution is 0.102. The van der Waals surface area contributed by atoms with Gasteiger partial charge in [-0.05, 0) is 35.9 Å². The maximum absolute atomic E-state index is 12.1. The molecule has 0 saturated heterocycles. The molecule has 2 heterocycles. The second-order valence-corrected chi connectivity index (χ2v) is 4.81. The molecule has 2 aromatic heterocycles. The van der Waals surface area contributed by atoms with E-state index in [-0.39, 0.29) is 5.91 Å². The standard InChI is InChI=1S/C17H15N5O/c23-16(22-15-6-10-18-11-7-15)14-4-2-13(3-5-14)12-21-17-19-8-1-9-20-17/h1-11H,12H2,(H,18,22,23)(H,19,20,21). The van der Waals surface area contributed by atoms with E-state index < -0.39 is 0 Å². The highest BCUT2D eigenvalue weighted by molar-refractivity contribution is 6.04. The summed E-state index contributed by atoms with van der Waals surface area (Å²) in [6, 6.07) is 12.6. The van der Waals surface area contributed by atoms with Crippen molar-refractivity contribution in [3.8, 4) is 0 Å². The second kappa shape index (κ2) is 7.13. The Hall–Kier alpha value is -3.28. The number of pyridine rings is 1. The van der Waals surface area contributed by atoms with Crippen LogP contribution in [0, 0.1) is 0 Å². The zero-order chi connectivity index (χ0) is 15.9. The van der Waals surface area contributed by atoms with Crippen molar-refractivity contribution in [1.29, 1.82) is 0 Å². The van der Waals surface area contributed by atoms with Gasteiger partial charge in [0.25, 0.3) is 5.91 Å². The predicted molar refractivity (Wildman–Crippen MR) is 88.0 cm³/mol. The van der Waals surface area contributed by atoms with Crippen molar-refractivity contribution in [1.82, 2.24) is 15.0 Å². The van der Waals surface area contributed by atoms with Crippen LogP contribution in [0.1, 0.15) is 15.9 Å². The van der Waals surface area contributed by atoms with Gasteiger partial charge in [0, 0.05) is 42.6 Å². The van der Waals surface area contributed by atoms with Crippen molar-refractivity contribution in [2.75, 3.05) is 10.6 Å². The first-order chi connectivity index (χ1) is 11.3. The fraction of sp³-hybridized carbons (Fsp3) is 0.0588. The molecule has 0 aliphatic rings. The lowest BCUT2D eigenvalue weighted by Crippen LogP contribution is -2.12. The molecule has 0 atom stereocenters. The summed E-state index contributed by atoms with van der Waals surface area (Å²) >= 11 is 0. The average molecular weight is 305 g/mol. The number of carbonyl (C=O) groups is 1. The number of carbonyl (C=O) groups excluding carboxylic acids is 1. The summed E-state index contributed by atoms with van der Waals surface area (Å²) in [4.78, 5) is 24.2. The number of anilines is 2. The van der Waals surface area contributed by atoms with Crippen LogP contribution < -0.4 is 10.6 Å². The zero-order valence-corrected chi connectivity index (χ0v) is 12.3. The minimum atomic E-state index is -0.151. The molecule has 0 fully saturated rings. The highest BCUT2D eigenvalue weighted by Crippen LogP contribution is 2.10. The Kier molecular flexibility index (Phi) is 4.54. The maximum Gasteiger partial charge on any atom is 0.255 e. The van der Waals surface area contributed by atoms with Crippen molar-refractivity contribution in [2.24, 2.45) is 0 Å². The van der Waals surface area contributed by atoms with Crippen molar-refractivity contribution in [3.05, 3.63) is 78.4 Å². The average Bonchev–Trinajstić information content (AvgIpc) is 2.62. The van der Waals surface area contributed by atoms with E-state index in [9.17, 15) is 4.79 Å². The van der Waals surface area contributed by atoms with E-state index in [2.05, 4.69) is 25.6 Å². The Bertz CT molecular complexity index is 760. The SMILES string of the molecule is O=C(Nc1ccncc1)c1ccc(CNc2ncccn2)cc1. The van der Waals surface area contributed by atoms with E-state index in [1.165, 1.54) is 0 Å². The van der Waals surface area contributed by atoms with Crippen LogP contribution in [0.15, 0.2) is 67.3 Å². The van der Waals surface area contributed by atoms with E-state index in [1.54, 1.807) is 55.1 Å². The van der Waals surface area contributed by atoms with E-state index in [0.29, 0.717) is 18.1 Å². The molecule has 1 amide bonds. The van der Waals surface area contributed by atoms with Gasteiger partial charge in [-0.15, -0.1) is 0 Å². The quantitative estimate of drug-likeness (QED) is 0.757. The summed E-state index contributed by atoms with van der Waals surface area (Å²) in [6.45, 7) is 0.594. The molecule has 1 aromatic carbocycles. The molecule has 0 aliphatic carbocycles. The van der Waals surface area contributed by atoms with Crippen molar-refractivity contribution in [3.63, 3.8) is 0 Å². The predicted octanol–water partition coefficient (Wildman–Crippen LogP) is 2.74. The third-order valence-electron chi connectivity index (χ3n) is 3.17. The largest absolute Gasteiger partial charge is 0.350 e. The van der Waals surface area contributed by atoms with Gasteiger partial charge < -0.3 is 10.6 Å². The molecular weight excluding hydrogens is 290 g/mol. The molecule has 0 radical (unpaired) electrons. The molecule has 0 spiro atoms.